The summed E-state index contributed by atoms with van der Waals surface area (Å²) in [6.07, 6.45) is -0.174. The highest BCUT2D eigenvalue weighted by atomic mass is 16.3. The van der Waals surface area contributed by atoms with Crippen molar-refractivity contribution >= 4 is 32.9 Å². The molecule has 1 aliphatic heterocycles. The molecule has 178 valence electrons. The zero-order chi connectivity index (χ0) is 24.9. The van der Waals surface area contributed by atoms with E-state index in [1.54, 1.807) is 6.07 Å². The molecule has 1 aromatic heterocycles. The maximum absolute atomic E-state index is 10.6. The molecule has 0 bridgehead atoms. The lowest BCUT2D eigenvalue weighted by molar-refractivity contribution is 0.464. The van der Waals surface area contributed by atoms with Gasteiger partial charge in [-0.2, -0.15) is 0 Å². The average molecular weight is 480 g/mol. The fourth-order valence-electron chi connectivity index (χ4n) is 5.46. The smallest absolute Gasteiger partial charge is 0.129 e. The molecule has 0 amide bonds. The van der Waals surface area contributed by atoms with Gasteiger partial charge in [-0.3, -0.25) is 0 Å². The second kappa shape index (κ2) is 8.38. The first kappa shape index (κ1) is 21.5. The van der Waals surface area contributed by atoms with Crippen molar-refractivity contribution in [2.75, 3.05) is 17.3 Å². The molecule has 37 heavy (non-hydrogen) atoms. The van der Waals surface area contributed by atoms with Crippen molar-refractivity contribution in [1.29, 1.82) is 0 Å². The molecule has 4 heteroatoms. The van der Waals surface area contributed by atoms with Crippen LogP contribution in [0, 0.1) is 0 Å². The van der Waals surface area contributed by atoms with Crippen molar-refractivity contribution in [3.05, 3.63) is 121 Å². The molecular formula is C33H25N3O. The van der Waals surface area contributed by atoms with Crippen LogP contribution in [0.15, 0.2) is 115 Å². The van der Waals surface area contributed by atoms with Crippen molar-refractivity contribution in [3.8, 4) is 28.3 Å². The quantitative estimate of drug-likeness (QED) is 0.270. The lowest BCUT2D eigenvalue weighted by Crippen LogP contribution is -2.23. The van der Waals surface area contributed by atoms with Crippen molar-refractivity contribution in [2.45, 2.75) is 6.17 Å². The zero-order valence-electron chi connectivity index (χ0n) is 20.4. The maximum Gasteiger partial charge on any atom is 0.129 e. The number of phenolic OH excluding ortho intramolecular Hbond substituents is 1. The lowest BCUT2D eigenvalue weighted by Gasteiger charge is -2.23. The number of hydrogen-bond acceptors (Lipinski definition) is 4. The average Bonchev–Trinajstić information content (AvgIpc) is 3.28. The van der Waals surface area contributed by atoms with Crippen LogP contribution in [0.1, 0.15) is 11.7 Å². The summed E-state index contributed by atoms with van der Waals surface area (Å²) >= 11 is 0. The Kier molecular flexibility index (Phi) is 4.86. The summed E-state index contributed by atoms with van der Waals surface area (Å²) in [4.78, 5) is 7.43. The predicted octanol–water partition coefficient (Wildman–Crippen LogP) is 7.99. The van der Waals surface area contributed by atoms with Crippen LogP contribution in [-0.4, -0.2) is 17.1 Å². The summed E-state index contributed by atoms with van der Waals surface area (Å²) in [7, 11) is 2.05. The molecule has 0 spiro atoms. The Bertz CT molecular complexity index is 1810. The van der Waals surface area contributed by atoms with Crippen LogP contribution < -0.4 is 10.2 Å². The SMILES string of the molecule is CN1c2cccc(-c3nc(-c4ccc5ccccc5c4)cc4ccccc34)c2NC1c1ccccc1O. The Morgan fingerprint density at radius 1 is 0.730 bits per heavy atom. The van der Waals surface area contributed by atoms with Gasteiger partial charge in [-0.05, 0) is 40.4 Å². The van der Waals surface area contributed by atoms with Crippen LogP contribution in [0.25, 0.3) is 44.1 Å². The van der Waals surface area contributed by atoms with Gasteiger partial charge in [-0.25, -0.2) is 4.98 Å². The van der Waals surface area contributed by atoms with Crippen molar-refractivity contribution < 1.29 is 5.11 Å². The summed E-state index contributed by atoms with van der Waals surface area (Å²) in [5.74, 6) is 0.281. The largest absolute Gasteiger partial charge is 0.508 e. The van der Waals surface area contributed by atoms with Gasteiger partial charge in [0.15, 0.2) is 0 Å². The number of rotatable bonds is 3. The van der Waals surface area contributed by atoms with Crippen LogP contribution in [0.4, 0.5) is 11.4 Å². The fourth-order valence-corrected chi connectivity index (χ4v) is 5.46. The molecular weight excluding hydrogens is 454 g/mol. The van der Waals surface area contributed by atoms with Gasteiger partial charge in [0.05, 0.1) is 22.8 Å². The van der Waals surface area contributed by atoms with E-state index >= 15 is 0 Å². The van der Waals surface area contributed by atoms with Crippen molar-refractivity contribution in [3.63, 3.8) is 0 Å². The standard InChI is InChI=1S/C33H25N3O/c1-36-29-15-8-14-27(32(29)35-33(36)26-13-6-7-16-30(26)37)31-25-12-5-4-11-23(25)20-28(34-31)24-18-17-21-9-2-3-10-22(21)19-24/h2-20,33,35,37H,1H3. The van der Waals surface area contributed by atoms with E-state index in [4.69, 9.17) is 4.98 Å². The fraction of sp³-hybridized carbons (Fsp3) is 0.0606. The highest BCUT2D eigenvalue weighted by molar-refractivity contribution is 6.02. The van der Waals surface area contributed by atoms with E-state index in [-0.39, 0.29) is 11.9 Å². The number of fused-ring (bicyclic) bond motifs is 3. The van der Waals surface area contributed by atoms with E-state index in [0.29, 0.717) is 0 Å². The van der Waals surface area contributed by atoms with Crippen LogP contribution in [0.2, 0.25) is 0 Å². The zero-order valence-corrected chi connectivity index (χ0v) is 20.4. The van der Waals surface area contributed by atoms with Crippen molar-refractivity contribution in [2.24, 2.45) is 0 Å². The number of phenols is 1. The molecule has 6 aromatic rings. The van der Waals surface area contributed by atoms with Gasteiger partial charge in [-0.1, -0.05) is 91.0 Å². The molecule has 2 N–H and O–H groups in total. The normalized spacial score (nSPS) is 14.6. The molecule has 2 heterocycles. The highest BCUT2D eigenvalue weighted by Gasteiger charge is 2.31. The summed E-state index contributed by atoms with van der Waals surface area (Å²) in [6.45, 7) is 0. The summed E-state index contributed by atoms with van der Waals surface area (Å²) in [5, 5.41) is 18.9. The summed E-state index contributed by atoms with van der Waals surface area (Å²) in [6, 6.07) is 39.4. The third kappa shape index (κ3) is 3.49. The summed E-state index contributed by atoms with van der Waals surface area (Å²) in [5.41, 5.74) is 6.96. The van der Waals surface area contributed by atoms with E-state index in [1.807, 2.05) is 18.2 Å². The van der Waals surface area contributed by atoms with E-state index in [9.17, 15) is 5.11 Å². The van der Waals surface area contributed by atoms with E-state index in [2.05, 4.69) is 108 Å². The Morgan fingerprint density at radius 2 is 1.49 bits per heavy atom. The van der Waals surface area contributed by atoms with Crippen LogP contribution in [0.5, 0.6) is 5.75 Å². The Hall–Kier alpha value is -4.83. The van der Waals surface area contributed by atoms with Gasteiger partial charge in [0.1, 0.15) is 11.9 Å². The Morgan fingerprint density at radius 3 is 2.35 bits per heavy atom. The maximum atomic E-state index is 10.6. The Labute approximate surface area is 215 Å². The number of hydrogen-bond donors (Lipinski definition) is 2. The molecule has 0 saturated carbocycles. The van der Waals surface area contributed by atoms with Crippen LogP contribution in [-0.2, 0) is 0 Å². The molecule has 1 unspecified atom stereocenters. The molecule has 0 fully saturated rings. The van der Waals surface area contributed by atoms with E-state index in [0.717, 1.165) is 50.2 Å². The predicted molar refractivity (Wildman–Crippen MR) is 153 cm³/mol. The molecule has 1 aliphatic rings. The van der Waals surface area contributed by atoms with Crippen LogP contribution >= 0.6 is 0 Å². The van der Waals surface area contributed by atoms with Gasteiger partial charge in [0.25, 0.3) is 0 Å². The topological polar surface area (TPSA) is 48.4 Å². The molecule has 0 saturated heterocycles. The highest BCUT2D eigenvalue weighted by Crippen LogP contribution is 2.47. The number of aromatic hydroxyl groups is 1. The minimum absolute atomic E-state index is 0.174. The number of nitrogens with zero attached hydrogens (tertiary/aromatic N) is 2. The van der Waals surface area contributed by atoms with Gasteiger partial charge in [0, 0.05) is 29.1 Å². The van der Waals surface area contributed by atoms with Gasteiger partial charge in [0.2, 0.25) is 0 Å². The number of para-hydroxylation sites is 2. The lowest BCUT2D eigenvalue weighted by atomic mass is 9.98. The third-order valence-corrected chi connectivity index (χ3v) is 7.36. The molecule has 1 atom stereocenters. The minimum atomic E-state index is -0.174. The monoisotopic (exact) mass is 479 g/mol. The Balaban J connectivity index is 1.41. The molecule has 7 rings (SSSR count). The molecule has 4 nitrogen and oxygen atoms in total. The third-order valence-electron chi connectivity index (χ3n) is 7.36. The molecule has 0 aliphatic carbocycles. The van der Waals surface area contributed by atoms with Gasteiger partial charge < -0.3 is 15.3 Å². The summed E-state index contributed by atoms with van der Waals surface area (Å²) < 4.78 is 0. The van der Waals surface area contributed by atoms with Crippen LogP contribution in [0.3, 0.4) is 0 Å². The van der Waals surface area contributed by atoms with Crippen molar-refractivity contribution in [1.82, 2.24) is 4.98 Å². The molecule has 5 aromatic carbocycles. The second-order valence-corrected chi connectivity index (χ2v) is 9.56. The van der Waals surface area contributed by atoms with Gasteiger partial charge in [-0.15, -0.1) is 0 Å². The van der Waals surface area contributed by atoms with E-state index in [1.165, 1.54) is 10.8 Å². The first-order valence-electron chi connectivity index (χ1n) is 12.5. The number of pyridine rings is 1. The first-order valence-corrected chi connectivity index (χ1v) is 12.5. The number of aromatic nitrogens is 1. The molecule has 0 radical (unpaired) electrons. The number of anilines is 2. The first-order chi connectivity index (χ1) is 18.2. The number of nitrogens with one attached hydrogen (secondary N) is 1. The minimum Gasteiger partial charge on any atom is -0.508 e. The van der Waals surface area contributed by atoms with Gasteiger partial charge >= 0.3 is 0 Å². The number of benzene rings is 5. The second-order valence-electron chi connectivity index (χ2n) is 9.56. The van der Waals surface area contributed by atoms with E-state index < -0.39 is 0 Å².